The zero-order chi connectivity index (χ0) is 12.5. The van der Waals surface area contributed by atoms with Gasteiger partial charge in [-0.2, -0.15) is 5.26 Å². The number of benzene rings is 1. The van der Waals surface area contributed by atoms with Crippen molar-refractivity contribution in [3.63, 3.8) is 0 Å². The van der Waals surface area contributed by atoms with Gasteiger partial charge in [-0.05, 0) is 19.5 Å². The van der Waals surface area contributed by atoms with Crippen LogP contribution in [0, 0.1) is 11.3 Å². The average molecular weight is 231 g/mol. The van der Waals surface area contributed by atoms with Crippen LogP contribution in [0.2, 0.25) is 0 Å². The van der Waals surface area contributed by atoms with Crippen molar-refractivity contribution in [2.45, 2.75) is 25.9 Å². The molecule has 1 aromatic rings. The van der Waals surface area contributed by atoms with Crippen molar-refractivity contribution in [3.8, 4) is 6.07 Å². The lowest BCUT2D eigenvalue weighted by molar-refractivity contribution is 0.290. The Bertz CT molecular complexity index is 342. The summed E-state index contributed by atoms with van der Waals surface area (Å²) in [5.74, 6) is 0. The van der Waals surface area contributed by atoms with E-state index in [1.165, 1.54) is 5.56 Å². The molecule has 0 saturated heterocycles. The summed E-state index contributed by atoms with van der Waals surface area (Å²) in [7, 11) is 2.12. The zero-order valence-corrected chi connectivity index (χ0v) is 10.7. The first kappa shape index (κ1) is 13.7. The Balaban J connectivity index is 2.25. The van der Waals surface area contributed by atoms with Crippen LogP contribution in [0.15, 0.2) is 30.3 Å². The Morgan fingerprint density at radius 2 is 2.06 bits per heavy atom. The summed E-state index contributed by atoms with van der Waals surface area (Å²) >= 11 is 0. The van der Waals surface area contributed by atoms with Gasteiger partial charge in [0.05, 0.1) is 6.07 Å². The molecule has 0 heterocycles. The monoisotopic (exact) mass is 231 g/mol. The summed E-state index contributed by atoms with van der Waals surface area (Å²) in [6.07, 6.45) is 0.576. The highest BCUT2D eigenvalue weighted by Gasteiger charge is 2.05. The number of nitriles is 1. The predicted molar refractivity (Wildman–Crippen MR) is 70.5 cm³/mol. The van der Waals surface area contributed by atoms with Gasteiger partial charge in [-0.25, -0.2) is 0 Å². The van der Waals surface area contributed by atoms with Crippen LogP contribution in [-0.4, -0.2) is 31.1 Å². The number of rotatable bonds is 7. The Kier molecular flexibility index (Phi) is 6.31. The standard InChI is InChI=1S/C14H21N3/c1-13(16-10-6-9-15)11-17(2)12-14-7-4-3-5-8-14/h3-5,7-8,13,16H,6,10-12H2,1-2H3. The third-order valence-corrected chi connectivity index (χ3v) is 2.61. The van der Waals surface area contributed by atoms with Crippen LogP contribution in [0.5, 0.6) is 0 Å². The summed E-state index contributed by atoms with van der Waals surface area (Å²) in [4.78, 5) is 2.29. The number of nitrogens with zero attached hydrogens (tertiary/aromatic N) is 2. The smallest absolute Gasteiger partial charge is 0.0635 e. The van der Waals surface area contributed by atoms with Gasteiger partial charge in [-0.1, -0.05) is 30.3 Å². The summed E-state index contributed by atoms with van der Waals surface area (Å²) in [6, 6.07) is 13.0. The van der Waals surface area contributed by atoms with Gasteiger partial charge >= 0.3 is 0 Å². The molecular formula is C14H21N3. The first-order valence-electron chi connectivity index (χ1n) is 6.05. The molecule has 1 aromatic carbocycles. The molecule has 0 spiro atoms. The molecule has 0 bridgehead atoms. The molecule has 0 fully saturated rings. The second kappa shape index (κ2) is 7.83. The van der Waals surface area contributed by atoms with Crippen molar-refractivity contribution in [2.75, 3.05) is 20.1 Å². The maximum Gasteiger partial charge on any atom is 0.0635 e. The SMILES string of the molecule is CC(CN(C)Cc1ccccc1)NCCC#N. The molecule has 0 aliphatic carbocycles. The third kappa shape index (κ3) is 6.06. The van der Waals surface area contributed by atoms with Crippen molar-refractivity contribution in [2.24, 2.45) is 0 Å². The highest BCUT2D eigenvalue weighted by atomic mass is 15.1. The van der Waals surface area contributed by atoms with E-state index in [4.69, 9.17) is 5.26 Å². The van der Waals surface area contributed by atoms with Gasteiger partial charge in [-0.3, -0.25) is 0 Å². The highest BCUT2D eigenvalue weighted by molar-refractivity contribution is 5.14. The van der Waals surface area contributed by atoms with Crippen LogP contribution in [-0.2, 0) is 6.54 Å². The molecule has 1 atom stereocenters. The molecule has 1 unspecified atom stereocenters. The molecule has 0 aliphatic rings. The summed E-state index contributed by atoms with van der Waals surface area (Å²) in [6.45, 7) is 4.88. The molecular weight excluding hydrogens is 210 g/mol. The van der Waals surface area contributed by atoms with Gasteiger partial charge < -0.3 is 10.2 Å². The molecule has 1 N–H and O–H groups in total. The van der Waals surface area contributed by atoms with Gasteiger partial charge in [0.15, 0.2) is 0 Å². The molecule has 17 heavy (non-hydrogen) atoms. The van der Waals surface area contributed by atoms with E-state index in [0.717, 1.165) is 19.6 Å². The van der Waals surface area contributed by atoms with Crippen LogP contribution < -0.4 is 5.32 Å². The Morgan fingerprint density at radius 3 is 2.71 bits per heavy atom. The Hall–Kier alpha value is -1.37. The lowest BCUT2D eigenvalue weighted by atomic mass is 10.2. The van der Waals surface area contributed by atoms with Crippen molar-refractivity contribution in [1.82, 2.24) is 10.2 Å². The molecule has 92 valence electrons. The van der Waals surface area contributed by atoms with Crippen molar-refractivity contribution in [3.05, 3.63) is 35.9 Å². The van der Waals surface area contributed by atoms with Crippen LogP contribution in [0.3, 0.4) is 0 Å². The first-order valence-corrected chi connectivity index (χ1v) is 6.05. The largest absolute Gasteiger partial charge is 0.312 e. The lowest BCUT2D eigenvalue weighted by Crippen LogP contribution is -2.37. The second-order valence-electron chi connectivity index (χ2n) is 4.45. The van der Waals surface area contributed by atoms with Crippen LogP contribution in [0.4, 0.5) is 0 Å². The van der Waals surface area contributed by atoms with E-state index >= 15 is 0 Å². The summed E-state index contributed by atoms with van der Waals surface area (Å²) in [5.41, 5.74) is 1.33. The van der Waals surface area contributed by atoms with E-state index in [9.17, 15) is 0 Å². The fourth-order valence-electron chi connectivity index (χ4n) is 1.87. The Morgan fingerprint density at radius 1 is 1.35 bits per heavy atom. The van der Waals surface area contributed by atoms with E-state index in [-0.39, 0.29) is 0 Å². The zero-order valence-electron chi connectivity index (χ0n) is 10.7. The van der Waals surface area contributed by atoms with Crippen molar-refractivity contribution in [1.29, 1.82) is 5.26 Å². The van der Waals surface area contributed by atoms with E-state index in [1.807, 2.05) is 6.07 Å². The van der Waals surface area contributed by atoms with Gasteiger partial charge in [0, 0.05) is 32.1 Å². The predicted octanol–water partition coefficient (Wildman–Crippen LogP) is 2.01. The van der Waals surface area contributed by atoms with E-state index < -0.39 is 0 Å². The lowest BCUT2D eigenvalue weighted by Gasteiger charge is -2.22. The topological polar surface area (TPSA) is 39.1 Å². The molecule has 0 saturated carbocycles. The first-order chi connectivity index (χ1) is 8.22. The summed E-state index contributed by atoms with van der Waals surface area (Å²) < 4.78 is 0. The fourth-order valence-corrected chi connectivity index (χ4v) is 1.87. The van der Waals surface area contributed by atoms with Gasteiger partial charge in [0.25, 0.3) is 0 Å². The average Bonchev–Trinajstić information content (AvgIpc) is 2.30. The van der Waals surface area contributed by atoms with E-state index in [1.54, 1.807) is 0 Å². The number of likely N-dealkylation sites (N-methyl/N-ethyl adjacent to an activating group) is 1. The molecule has 0 radical (unpaired) electrons. The molecule has 1 rings (SSSR count). The molecule has 0 aromatic heterocycles. The maximum atomic E-state index is 8.46. The summed E-state index contributed by atoms with van der Waals surface area (Å²) in [5, 5.41) is 11.8. The normalized spacial score (nSPS) is 12.4. The maximum absolute atomic E-state index is 8.46. The van der Waals surface area contributed by atoms with E-state index in [0.29, 0.717) is 12.5 Å². The van der Waals surface area contributed by atoms with Gasteiger partial charge in [0.1, 0.15) is 0 Å². The van der Waals surface area contributed by atoms with Crippen LogP contribution in [0.1, 0.15) is 18.9 Å². The van der Waals surface area contributed by atoms with Crippen LogP contribution in [0.25, 0.3) is 0 Å². The fraction of sp³-hybridized carbons (Fsp3) is 0.500. The minimum atomic E-state index is 0.414. The number of hydrogen-bond donors (Lipinski definition) is 1. The molecule has 0 aliphatic heterocycles. The number of hydrogen-bond acceptors (Lipinski definition) is 3. The highest BCUT2D eigenvalue weighted by Crippen LogP contribution is 2.02. The van der Waals surface area contributed by atoms with Crippen molar-refractivity contribution >= 4 is 0 Å². The van der Waals surface area contributed by atoms with Crippen molar-refractivity contribution < 1.29 is 0 Å². The van der Waals surface area contributed by atoms with Gasteiger partial charge in [0.2, 0.25) is 0 Å². The van der Waals surface area contributed by atoms with Crippen LogP contribution >= 0.6 is 0 Å². The van der Waals surface area contributed by atoms with E-state index in [2.05, 4.69) is 54.5 Å². The second-order valence-corrected chi connectivity index (χ2v) is 4.45. The van der Waals surface area contributed by atoms with Gasteiger partial charge in [-0.15, -0.1) is 0 Å². The molecule has 3 heteroatoms. The molecule has 3 nitrogen and oxygen atoms in total. The molecule has 0 amide bonds. The number of nitrogens with one attached hydrogen (secondary N) is 1. The third-order valence-electron chi connectivity index (χ3n) is 2.61. The quantitative estimate of drug-likeness (QED) is 0.730. The Labute approximate surface area is 104 Å². The minimum absolute atomic E-state index is 0.414. The minimum Gasteiger partial charge on any atom is -0.312 e.